The first-order valence-electron chi connectivity index (χ1n) is 14.6. The van der Waals surface area contributed by atoms with Crippen LogP contribution >= 0.6 is 11.3 Å². The fourth-order valence-corrected chi connectivity index (χ4v) is 7.89. The van der Waals surface area contributed by atoms with Gasteiger partial charge >= 0.3 is 0 Å². The maximum Gasteiger partial charge on any atom is 0.0640 e. The minimum Gasteiger partial charge on any atom is -0.309 e. The molecule has 0 unspecified atom stereocenters. The second-order valence-electron chi connectivity index (χ2n) is 11.0. The standard InChI is InChI=1S/C40H26N2S/c1-2-14-28(15-3-1)41(37-23-12-20-34-33-19-8-11-24-39(33)43-40(34)37)38-26-29(25-27-13-4-5-16-30(27)38)42-35-21-9-6-17-31(35)32-18-7-10-22-36(32)42/h1-26H. The lowest BCUT2D eigenvalue weighted by Gasteiger charge is -2.28. The first-order chi connectivity index (χ1) is 21.3. The molecule has 9 aromatic rings. The zero-order valence-corrected chi connectivity index (χ0v) is 24.1. The highest BCUT2D eigenvalue weighted by Crippen LogP contribution is 2.47. The summed E-state index contributed by atoms with van der Waals surface area (Å²) < 4.78 is 5.02. The number of rotatable bonds is 4. The van der Waals surface area contributed by atoms with Gasteiger partial charge in [0.2, 0.25) is 0 Å². The van der Waals surface area contributed by atoms with Gasteiger partial charge < -0.3 is 9.47 Å². The molecular weight excluding hydrogens is 541 g/mol. The molecule has 202 valence electrons. The zero-order chi connectivity index (χ0) is 28.3. The van der Waals surface area contributed by atoms with Crippen molar-refractivity contribution in [1.29, 1.82) is 0 Å². The number of anilines is 3. The van der Waals surface area contributed by atoms with Gasteiger partial charge in [0.1, 0.15) is 0 Å². The molecule has 0 atom stereocenters. The van der Waals surface area contributed by atoms with E-state index in [2.05, 4.69) is 167 Å². The Bertz CT molecular complexity index is 2410. The number of para-hydroxylation sites is 3. The highest BCUT2D eigenvalue weighted by molar-refractivity contribution is 7.26. The van der Waals surface area contributed by atoms with Gasteiger partial charge in [0.25, 0.3) is 0 Å². The third kappa shape index (κ3) is 3.72. The van der Waals surface area contributed by atoms with Crippen LogP contribution in [0.1, 0.15) is 0 Å². The molecular formula is C40H26N2S. The van der Waals surface area contributed by atoms with Gasteiger partial charge in [-0.25, -0.2) is 0 Å². The van der Waals surface area contributed by atoms with E-state index < -0.39 is 0 Å². The van der Waals surface area contributed by atoms with Crippen LogP contribution in [0.15, 0.2) is 158 Å². The molecule has 0 bridgehead atoms. The Kier molecular flexibility index (Phi) is 5.40. The lowest BCUT2D eigenvalue weighted by atomic mass is 10.0. The molecule has 2 aromatic heterocycles. The van der Waals surface area contributed by atoms with E-state index in [0.29, 0.717) is 0 Å². The van der Waals surface area contributed by atoms with Crippen molar-refractivity contribution in [2.45, 2.75) is 0 Å². The summed E-state index contributed by atoms with van der Waals surface area (Å²) >= 11 is 1.87. The number of benzene rings is 7. The highest BCUT2D eigenvalue weighted by Gasteiger charge is 2.21. The van der Waals surface area contributed by atoms with Crippen molar-refractivity contribution < 1.29 is 0 Å². The molecule has 0 aliphatic rings. The molecule has 7 aromatic carbocycles. The Hall–Kier alpha value is -5.38. The van der Waals surface area contributed by atoms with E-state index >= 15 is 0 Å². The molecule has 0 saturated heterocycles. The number of hydrogen-bond donors (Lipinski definition) is 0. The van der Waals surface area contributed by atoms with E-state index in [4.69, 9.17) is 0 Å². The van der Waals surface area contributed by atoms with Gasteiger partial charge in [-0.3, -0.25) is 0 Å². The zero-order valence-electron chi connectivity index (χ0n) is 23.3. The van der Waals surface area contributed by atoms with E-state index in [-0.39, 0.29) is 0 Å². The van der Waals surface area contributed by atoms with Gasteiger partial charge in [0, 0.05) is 43.0 Å². The summed E-state index contributed by atoms with van der Waals surface area (Å²) in [4.78, 5) is 2.46. The molecule has 2 heterocycles. The van der Waals surface area contributed by atoms with E-state index in [0.717, 1.165) is 17.1 Å². The van der Waals surface area contributed by atoms with Crippen molar-refractivity contribution in [2.75, 3.05) is 4.90 Å². The third-order valence-electron chi connectivity index (χ3n) is 8.54. The second kappa shape index (κ2) is 9.59. The molecule has 0 aliphatic heterocycles. The summed E-state index contributed by atoms with van der Waals surface area (Å²) in [6, 6.07) is 57.2. The Morgan fingerprint density at radius 2 is 1.05 bits per heavy atom. The van der Waals surface area contributed by atoms with Gasteiger partial charge in [0.05, 0.1) is 27.1 Å². The SMILES string of the molecule is c1ccc(N(c2cc(-n3c4ccccc4c4ccccc43)cc3ccccc23)c2cccc3c2sc2ccccc23)cc1. The van der Waals surface area contributed by atoms with Crippen LogP contribution in [-0.2, 0) is 0 Å². The van der Waals surface area contributed by atoms with Gasteiger partial charge in [-0.15, -0.1) is 11.3 Å². The quantitative estimate of drug-likeness (QED) is 0.206. The molecule has 2 nitrogen and oxygen atoms in total. The van der Waals surface area contributed by atoms with E-state index in [1.807, 2.05) is 11.3 Å². The van der Waals surface area contributed by atoms with Crippen LogP contribution in [0, 0.1) is 0 Å². The van der Waals surface area contributed by atoms with Crippen molar-refractivity contribution in [1.82, 2.24) is 4.57 Å². The lowest BCUT2D eigenvalue weighted by molar-refractivity contribution is 1.18. The molecule has 0 N–H and O–H groups in total. The number of hydrogen-bond acceptors (Lipinski definition) is 2. The normalized spacial score (nSPS) is 11.7. The molecule has 0 fully saturated rings. The van der Waals surface area contributed by atoms with Crippen LogP contribution in [0.4, 0.5) is 17.1 Å². The van der Waals surface area contributed by atoms with Gasteiger partial charge in [0.15, 0.2) is 0 Å². The topological polar surface area (TPSA) is 8.17 Å². The monoisotopic (exact) mass is 566 g/mol. The smallest absolute Gasteiger partial charge is 0.0640 e. The van der Waals surface area contributed by atoms with Crippen molar-refractivity contribution in [3.8, 4) is 5.69 Å². The lowest BCUT2D eigenvalue weighted by Crippen LogP contribution is -2.11. The number of nitrogens with zero attached hydrogens (tertiary/aromatic N) is 2. The molecule has 9 rings (SSSR count). The average molecular weight is 567 g/mol. The van der Waals surface area contributed by atoms with E-state index in [9.17, 15) is 0 Å². The molecule has 0 saturated carbocycles. The molecule has 0 radical (unpaired) electrons. The Labute approximate surface area is 253 Å². The summed E-state index contributed by atoms with van der Waals surface area (Å²) in [5, 5.41) is 7.56. The van der Waals surface area contributed by atoms with Crippen molar-refractivity contribution in [3.63, 3.8) is 0 Å². The highest BCUT2D eigenvalue weighted by atomic mass is 32.1. The minimum atomic E-state index is 1.14. The van der Waals surface area contributed by atoms with Crippen LogP contribution < -0.4 is 4.90 Å². The summed E-state index contributed by atoms with van der Waals surface area (Å²) in [5.41, 5.74) is 7.05. The fraction of sp³-hybridized carbons (Fsp3) is 0. The second-order valence-corrected chi connectivity index (χ2v) is 12.0. The predicted molar refractivity (Wildman–Crippen MR) is 186 cm³/mol. The van der Waals surface area contributed by atoms with Crippen LogP contribution in [-0.4, -0.2) is 4.57 Å². The first-order valence-corrected chi connectivity index (χ1v) is 15.4. The van der Waals surface area contributed by atoms with Crippen LogP contribution in [0.3, 0.4) is 0 Å². The summed E-state index contributed by atoms with van der Waals surface area (Å²) in [5.74, 6) is 0. The Morgan fingerprint density at radius 3 is 1.81 bits per heavy atom. The predicted octanol–water partition coefficient (Wildman–Crippen LogP) is 11.8. The molecule has 0 spiro atoms. The van der Waals surface area contributed by atoms with Crippen LogP contribution in [0.5, 0.6) is 0 Å². The summed E-state index contributed by atoms with van der Waals surface area (Å²) in [7, 11) is 0. The van der Waals surface area contributed by atoms with Crippen LogP contribution in [0.25, 0.3) is 58.4 Å². The molecule has 3 heteroatoms. The maximum atomic E-state index is 2.46. The van der Waals surface area contributed by atoms with Crippen LogP contribution in [0.2, 0.25) is 0 Å². The van der Waals surface area contributed by atoms with Gasteiger partial charge in [-0.05, 0) is 53.9 Å². The third-order valence-corrected chi connectivity index (χ3v) is 9.75. The summed E-state index contributed by atoms with van der Waals surface area (Å²) in [6.07, 6.45) is 0. The Balaban J connectivity index is 1.40. The van der Waals surface area contributed by atoms with Crippen molar-refractivity contribution >= 4 is 81.1 Å². The summed E-state index contributed by atoms with van der Waals surface area (Å²) in [6.45, 7) is 0. The maximum absolute atomic E-state index is 2.46. The van der Waals surface area contributed by atoms with Crippen molar-refractivity contribution in [2.24, 2.45) is 0 Å². The largest absolute Gasteiger partial charge is 0.309 e. The number of fused-ring (bicyclic) bond motifs is 7. The average Bonchev–Trinajstić information content (AvgIpc) is 3.62. The Morgan fingerprint density at radius 1 is 0.442 bits per heavy atom. The van der Waals surface area contributed by atoms with Gasteiger partial charge in [-0.2, -0.15) is 0 Å². The molecule has 0 aliphatic carbocycles. The van der Waals surface area contributed by atoms with E-state index in [1.54, 1.807) is 0 Å². The van der Waals surface area contributed by atoms with E-state index in [1.165, 1.54) is 58.4 Å². The van der Waals surface area contributed by atoms with Gasteiger partial charge in [-0.1, -0.05) is 109 Å². The molecule has 43 heavy (non-hydrogen) atoms. The number of thiophene rings is 1. The molecule has 0 amide bonds. The fourth-order valence-electron chi connectivity index (χ4n) is 6.68. The number of aromatic nitrogens is 1. The minimum absolute atomic E-state index is 1.14. The van der Waals surface area contributed by atoms with Crippen molar-refractivity contribution in [3.05, 3.63) is 158 Å². The first kappa shape index (κ1) is 24.2.